The highest BCUT2D eigenvalue weighted by molar-refractivity contribution is 7.47. The van der Waals surface area contributed by atoms with E-state index in [9.17, 15) is 19.0 Å². The molecule has 0 aliphatic rings. The first kappa shape index (κ1) is 69.5. The Morgan fingerprint density at radius 2 is 0.761 bits per heavy atom. The third kappa shape index (κ3) is 57.6. The van der Waals surface area contributed by atoms with Gasteiger partial charge in [-0.3, -0.25) is 18.6 Å². The maximum Gasteiger partial charge on any atom is 0.472 e. The van der Waals surface area contributed by atoms with Gasteiger partial charge >= 0.3 is 19.8 Å². The third-order valence-electron chi connectivity index (χ3n) is 13.8. The van der Waals surface area contributed by atoms with Gasteiger partial charge in [0.1, 0.15) is 6.61 Å². The van der Waals surface area contributed by atoms with Gasteiger partial charge in [0.15, 0.2) is 6.10 Å². The van der Waals surface area contributed by atoms with E-state index in [0.717, 1.165) is 64.2 Å². The molecule has 3 N–H and O–H groups in total. The lowest BCUT2D eigenvalue weighted by Crippen LogP contribution is -2.29. The standard InChI is InChI=1S/C61H118NO8P/c1-3-5-7-9-11-13-15-17-18-19-20-21-22-23-24-25-26-27-28-29-30-31-32-33-34-35-36-37-38-39-40-42-43-45-47-49-51-53-60(63)67-57-59(58-69-71(65,66)68-56-55-62)70-61(64)54-52-50-48-46-44-41-16-14-12-10-8-6-4-2/h8,10,14,16,59H,3-7,9,11-13,15,17-58,62H2,1-2H3,(H,65,66)/b10-8-,16-14-. The number of carbonyl (C=O) groups excluding carboxylic acids is 2. The van der Waals surface area contributed by atoms with Crippen molar-refractivity contribution in [3.63, 3.8) is 0 Å². The highest BCUT2D eigenvalue weighted by Crippen LogP contribution is 2.43. The second-order valence-electron chi connectivity index (χ2n) is 20.9. The molecular weight excluding hydrogens is 906 g/mol. The topological polar surface area (TPSA) is 134 Å². The summed E-state index contributed by atoms with van der Waals surface area (Å²) in [5.74, 6) is -0.831. The summed E-state index contributed by atoms with van der Waals surface area (Å²) in [5, 5.41) is 0. The van der Waals surface area contributed by atoms with Gasteiger partial charge in [-0.05, 0) is 38.5 Å². The maximum absolute atomic E-state index is 12.6. The molecule has 0 rings (SSSR count). The molecule has 0 saturated heterocycles. The molecule has 0 amide bonds. The zero-order valence-electron chi connectivity index (χ0n) is 47.0. The first-order valence-electron chi connectivity index (χ1n) is 30.8. The molecule has 9 nitrogen and oxygen atoms in total. The second-order valence-corrected chi connectivity index (χ2v) is 22.4. The third-order valence-corrected chi connectivity index (χ3v) is 14.8. The van der Waals surface area contributed by atoms with Crippen molar-refractivity contribution in [1.29, 1.82) is 0 Å². The van der Waals surface area contributed by atoms with Crippen LogP contribution in [-0.2, 0) is 32.7 Å². The number of unbranched alkanes of at least 4 members (excludes halogenated alkanes) is 42. The number of esters is 2. The van der Waals surface area contributed by atoms with E-state index in [0.29, 0.717) is 6.42 Å². The number of allylic oxidation sites excluding steroid dienone is 4. The Bertz CT molecular complexity index is 1210. The molecule has 420 valence electrons. The lowest BCUT2D eigenvalue weighted by molar-refractivity contribution is -0.161. The van der Waals surface area contributed by atoms with Crippen LogP contribution in [0.15, 0.2) is 24.3 Å². The van der Waals surface area contributed by atoms with Gasteiger partial charge in [-0.2, -0.15) is 0 Å². The molecule has 2 unspecified atom stereocenters. The molecule has 0 saturated carbocycles. The van der Waals surface area contributed by atoms with Crippen molar-refractivity contribution in [1.82, 2.24) is 0 Å². The molecule has 0 aromatic carbocycles. The minimum atomic E-state index is -4.38. The number of rotatable bonds is 59. The molecule has 0 spiro atoms. The molecule has 0 aromatic rings. The van der Waals surface area contributed by atoms with Crippen molar-refractivity contribution in [2.45, 2.75) is 328 Å². The minimum Gasteiger partial charge on any atom is -0.462 e. The molecule has 0 aromatic heterocycles. The van der Waals surface area contributed by atoms with Gasteiger partial charge in [0, 0.05) is 19.4 Å². The Morgan fingerprint density at radius 1 is 0.423 bits per heavy atom. The number of phosphoric ester groups is 1. The smallest absolute Gasteiger partial charge is 0.462 e. The van der Waals surface area contributed by atoms with Crippen molar-refractivity contribution in [3.05, 3.63) is 24.3 Å². The fourth-order valence-corrected chi connectivity index (χ4v) is 10.0. The first-order chi connectivity index (χ1) is 34.8. The Balaban J connectivity index is 3.71. The normalized spacial score (nSPS) is 13.1. The highest BCUT2D eigenvalue weighted by Gasteiger charge is 2.26. The van der Waals surface area contributed by atoms with Gasteiger partial charge < -0.3 is 20.1 Å². The molecule has 0 heterocycles. The summed E-state index contributed by atoms with van der Waals surface area (Å²) in [6.45, 7) is 3.70. The number of carbonyl (C=O) groups is 2. The lowest BCUT2D eigenvalue weighted by Gasteiger charge is -2.19. The molecule has 10 heteroatoms. The minimum absolute atomic E-state index is 0.0527. The van der Waals surface area contributed by atoms with Gasteiger partial charge in [0.25, 0.3) is 0 Å². The zero-order valence-corrected chi connectivity index (χ0v) is 47.9. The summed E-state index contributed by atoms with van der Waals surface area (Å²) in [5.41, 5.74) is 5.37. The Morgan fingerprint density at radius 3 is 1.13 bits per heavy atom. The van der Waals surface area contributed by atoms with Gasteiger partial charge in [0.05, 0.1) is 13.2 Å². The van der Waals surface area contributed by atoms with Crippen LogP contribution in [-0.4, -0.2) is 49.3 Å². The van der Waals surface area contributed by atoms with Gasteiger partial charge in [-0.1, -0.05) is 295 Å². The monoisotopic (exact) mass is 1020 g/mol. The number of hydrogen-bond acceptors (Lipinski definition) is 8. The van der Waals surface area contributed by atoms with Crippen LogP contribution in [0.3, 0.4) is 0 Å². The molecule has 0 bridgehead atoms. The average Bonchev–Trinajstić information content (AvgIpc) is 3.36. The number of phosphoric acid groups is 1. The van der Waals surface area contributed by atoms with Gasteiger partial charge in [-0.15, -0.1) is 0 Å². The Kier molecular flexibility index (Phi) is 56.5. The van der Waals surface area contributed by atoms with E-state index in [1.807, 2.05) is 0 Å². The lowest BCUT2D eigenvalue weighted by atomic mass is 10.0. The number of hydrogen-bond donors (Lipinski definition) is 2. The van der Waals surface area contributed by atoms with Crippen LogP contribution < -0.4 is 5.73 Å². The molecule has 0 radical (unpaired) electrons. The van der Waals surface area contributed by atoms with E-state index in [2.05, 4.69) is 38.2 Å². The van der Waals surface area contributed by atoms with E-state index in [-0.39, 0.29) is 38.6 Å². The molecule has 71 heavy (non-hydrogen) atoms. The van der Waals surface area contributed by atoms with Crippen molar-refractivity contribution < 1.29 is 37.6 Å². The fraction of sp³-hybridized carbons (Fsp3) is 0.902. The summed E-state index contributed by atoms with van der Waals surface area (Å²) in [6.07, 6.45) is 68.6. The van der Waals surface area contributed by atoms with Crippen LogP contribution >= 0.6 is 7.82 Å². The van der Waals surface area contributed by atoms with Crippen molar-refractivity contribution >= 4 is 19.8 Å². The van der Waals surface area contributed by atoms with Crippen LogP contribution in [0.1, 0.15) is 322 Å². The van der Waals surface area contributed by atoms with Gasteiger partial charge in [-0.25, -0.2) is 4.57 Å². The Labute approximate surface area is 440 Å². The largest absolute Gasteiger partial charge is 0.472 e. The van der Waals surface area contributed by atoms with Crippen LogP contribution in [0.2, 0.25) is 0 Å². The zero-order chi connectivity index (χ0) is 51.7. The number of nitrogens with two attached hydrogens (primary N) is 1. The van der Waals surface area contributed by atoms with E-state index in [4.69, 9.17) is 24.3 Å². The predicted molar refractivity (Wildman–Crippen MR) is 303 cm³/mol. The average molecular weight is 1020 g/mol. The highest BCUT2D eigenvalue weighted by atomic mass is 31.2. The van der Waals surface area contributed by atoms with E-state index in [1.165, 1.54) is 225 Å². The summed E-state index contributed by atoms with van der Waals surface area (Å²) >= 11 is 0. The quantitative estimate of drug-likeness (QED) is 0.0264. The summed E-state index contributed by atoms with van der Waals surface area (Å²) in [4.78, 5) is 35.1. The van der Waals surface area contributed by atoms with E-state index in [1.54, 1.807) is 0 Å². The van der Waals surface area contributed by atoms with Crippen LogP contribution in [0.5, 0.6) is 0 Å². The summed E-state index contributed by atoms with van der Waals surface area (Å²) in [6, 6.07) is 0. The van der Waals surface area contributed by atoms with Crippen molar-refractivity contribution in [2.75, 3.05) is 26.4 Å². The van der Waals surface area contributed by atoms with Crippen molar-refractivity contribution in [2.24, 2.45) is 5.73 Å². The molecule has 0 aliphatic carbocycles. The van der Waals surface area contributed by atoms with Crippen LogP contribution in [0.25, 0.3) is 0 Å². The Hall–Kier alpha value is -1.51. The molecule has 2 atom stereocenters. The summed E-state index contributed by atoms with van der Waals surface area (Å²) in [7, 11) is -4.38. The second kappa shape index (κ2) is 57.8. The van der Waals surface area contributed by atoms with E-state index < -0.39 is 26.5 Å². The first-order valence-corrected chi connectivity index (χ1v) is 32.3. The van der Waals surface area contributed by atoms with E-state index >= 15 is 0 Å². The summed E-state index contributed by atoms with van der Waals surface area (Å²) < 4.78 is 32.9. The van der Waals surface area contributed by atoms with Crippen LogP contribution in [0.4, 0.5) is 0 Å². The van der Waals surface area contributed by atoms with Crippen LogP contribution in [0, 0.1) is 0 Å². The number of ether oxygens (including phenoxy) is 2. The molecular formula is C61H118NO8P. The van der Waals surface area contributed by atoms with Gasteiger partial charge in [0.2, 0.25) is 0 Å². The SMILES string of the molecule is CCC/C=C\C/C=C\CCCCCCCC(=O)OC(COC(=O)CCCCCCCCCCCCCCCCCCCCCCCCCCCCCCCCCCCCCCC)COP(=O)(O)OCCN. The fourth-order valence-electron chi connectivity index (χ4n) is 9.27. The molecule has 0 aliphatic heterocycles. The molecule has 0 fully saturated rings. The maximum atomic E-state index is 12.6. The van der Waals surface area contributed by atoms with Crippen molar-refractivity contribution in [3.8, 4) is 0 Å². The predicted octanol–water partition coefficient (Wildman–Crippen LogP) is 19.4.